The van der Waals surface area contributed by atoms with Crippen molar-refractivity contribution in [2.75, 3.05) is 18.4 Å². The molecule has 1 aromatic carbocycles. The standard InChI is InChI=1S/C19H18ClN5OS/c1-11-22-17-16(27-11)12(7-25-9-19(2,8-21)10-25)15(24-17)18(26)23-14-6-4-3-5-13(14)20/h3-6,24H,7,9-10H2,1-2H3,(H,23,26). The highest BCUT2D eigenvalue weighted by Crippen LogP contribution is 2.35. The fourth-order valence-corrected chi connectivity index (χ4v) is 4.56. The fourth-order valence-electron chi connectivity index (χ4n) is 3.46. The van der Waals surface area contributed by atoms with Gasteiger partial charge in [-0.1, -0.05) is 23.7 Å². The largest absolute Gasteiger partial charge is 0.334 e. The van der Waals surface area contributed by atoms with E-state index in [-0.39, 0.29) is 11.3 Å². The lowest BCUT2D eigenvalue weighted by Gasteiger charge is -2.43. The molecule has 1 aliphatic heterocycles. The second-order valence-corrected chi connectivity index (χ2v) is 8.75. The number of thiazole rings is 1. The monoisotopic (exact) mass is 399 g/mol. The Bertz CT molecular complexity index is 1070. The molecule has 4 rings (SSSR count). The summed E-state index contributed by atoms with van der Waals surface area (Å²) in [7, 11) is 0. The summed E-state index contributed by atoms with van der Waals surface area (Å²) in [5.74, 6) is -0.246. The number of aryl methyl sites for hydroxylation is 1. The van der Waals surface area contributed by atoms with Gasteiger partial charge in [-0.25, -0.2) is 4.98 Å². The number of fused-ring (bicyclic) bond motifs is 1. The van der Waals surface area contributed by atoms with Crippen molar-refractivity contribution in [1.82, 2.24) is 14.9 Å². The third-order valence-electron chi connectivity index (χ3n) is 4.70. The van der Waals surface area contributed by atoms with Crippen molar-refractivity contribution in [3.05, 3.63) is 45.6 Å². The number of H-pyrrole nitrogens is 1. The van der Waals surface area contributed by atoms with E-state index in [0.29, 0.717) is 36.0 Å². The highest BCUT2D eigenvalue weighted by molar-refractivity contribution is 7.18. The Kier molecular flexibility index (Phi) is 4.42. The molecule has 1 aliphatic rings. The first-order valence-electron chi connectivity index (χ1n) is 8.56. The molecule has 0 bridgehead atoms. The smallest absolute Gasteiger partial charge is 0.272 e. The molecule has 0 radical (unpaired) electrons. The second-order valence-electron chi connectivity index (χ2n) is 7.14. The molecule has 3 heterocycles. The number of nitrogens with zero attached hydrogens (tertiary/aromatic N) is 3. The Morgan fingerprint density at radius 3 is 2.93 bits per heavy atom. The lowest BCUT2D eigenvalue weighted by atomic mass is 9.83. The minimum atomic E-state index is -0.307. The van der Waals surface area contributed by atoms with Crippen LogP contribution in [0.2, 0.25) is 5.02 Å². The van der Waals surface area contributed by atoms with Crippen LogP contribution in [-0.4, -0.2) is 33.9 Å². The van der Waals surface area contributed by atoms with Gasteiger partial charge in [-0.05, 0) is 26.0 Å². The Labute approximate surface area is 165 Å². The maximum absolute atomic E-state index is 12.9. The average molecular weight is 400 g/mol. The zero-order chi connectivity index (χ0) is 19.2. The van der Waals surface area contributed by atoms with Gasteiger partial charge in [0.15, 0.2) is 0 Å². The molecule has 6 nitrogen and oxygen atoms in total. The number of rotatable bonds is 4. The number of hydrogen-bond acceptors (Lipinski definition) is 5. The van der Waals surface area contributed by atoms with Gasteiger partial charge in [0.2, 0.25) is 0 Å². The summed E-state index contributed by atoms with van der Waals surface area (Å²) in [5.41, 5.74) is 2.40. The zero-order valence-electron chi connectivity index (χ0n) is 15.0. The third kappa shape index (κ3) is 3.32. The number of carbonyl (C=O) groups is 1. The number of anilines is 1. The van der Waals surface area contributed by atoms with Gasteiger partial charge >= 0.3 is 0 Å². The number of nitriles is 1. The van der Waals surface area contributed by atoms with E-state index in [2.05, 4.69) is 26.3 Å². The van der Waals surface area contributed by atoms with Crippen LogP contribution in [0.25, 0.3) is 10.3 Å². The summed E-state index contributed by atoms with van der Waals surface area (Å²) >= 11 is 7.73. The van der Waals surface area contributed by atoms with Gasteiger partial charge in [0.25, 0.3) is 5.91 Å². The number of amides is 1. The van der Waals surface area contributed by atoms with Crippen molar-refractivity contribution in [2.45, 2.75) is 20.4 Å². The van der Waals surface area contributed by atoms with Gasteiger partial charge < -0.3 is 10.3 Å². The molecule has 138 valence electrons. The first-order valence-corrected chi connectivity index (χ1v) is 9.75. The van der Waals surface area contributed by atoms with Crippen LogP contribution in [-0.2, 0) is 6.54 Å². The first-order chi connectivity index (χ1) is 12.9. The molecule has 3 aromatic rings. The molecule has 0 spiro atoms. The molecular formula is C19H18ClN5OS. The summed E-state index contributed by atoms with van der Waals surface area (Å²) in [6, 6.07) is 9.49. The van der Waals surface area contributed by atoms with Crippen LogP contribution < -0.4 is 5.32 Å². The van der Waals surface area contributed by atoms with Crippen molar-refractivity contribution < 1.29 is 4.79 Å². The number of hydrogen-bond donors (Lipinski definition) is 2. The quantitative estimate of drug-likeness (QED) is 0.689. The summed E-state index contributed by atoms with van der Waals surface area (Å²) in [6.45, 7) is 5.89. The summed E-state index contributed by atoms with van der Waals surface area (Å²) in [6.07, 6.45) is 0. The van der Waals surface area contributed by atoms with Crippen molar-refractivity contribution >= 4 is 44.9 Å². The van der Waals surface area contributed by atoms with Gasteiger partial charge in [-0.2, -0.15) is 5.26 Å². The van der Waals surface area contributed by atoms with Crippen LogP contribution in [0.5, 0.6) is 0 Å². The molecular weight excluding hydrogens is 382 g/mol. The maximum atomic E-state index is 12.9. The molecule has 8 heteroatoms. The van der Waals surface area contributed by atoms with E-state index in [9.17, 15) is 10.1 Å². The first kappa shape index (κ1) is 18.0. The van der Waals surface area contributed by atoms with E-state index in [1.54, 1.807) is 23.5 Å². The van der Waals surface area contributed by atoms with Gasteiger partial charge in [-0.3, -0.25) is 9.69 Å². The zero-order valence-corrected chi connectivity index (χ0v) is 16.5. The molecule has 1 fully saturated rings. The predicted octanol–water partition coefficient (Wildman–Crippen LogP) is 4.18. The SMILES string of the molecule is Cc1nc2[nH]c(C(=O)Nc3ccccc3Cl)c(CN3CC(C)(C#N)C3)c2s1. The Hall–Kier alpha value is -2.40. The molecule has 1 amide bonds. The van der Waals surface area contributed by atoms with Gasteiger partial charge in [0.05, 0.1) is 31.9 Å². The number of benzene rings is 1. The number of carbonyl (C=O) groups excluding carboxylic acids is 1. The van der Waals surface area contributed by atoms with Crippen LogP contribution >= 0.6 is 22.9 Å². The highest BCUT2D eigenvalue weighted by Gasteiger charge is 2.39. The van der Waals surface area contributed by atoms with E-state index in [0.717, 1.165) is 20.9 Å². The number of aromatic amines is 1. The van der Waals surface area contributed by atoms with Crippen molar-refractivity contribution in [3.63, 3.8) is 0 Å². The normalized spacial score (nSPS) is 16.1. The van der Waals surface area contributed by atoms with Gasteiger partial charge in [-0.15, -0.1) is 11.3 Å². The Morgan fingerprint density at radius 2 is 2.22 bits per heavy atom. The Morgan fingerprint density at radius 1 is 1.48 bits per heavy atom. The molecule has 0 saturated carbocycles. The van der Waals surface area contributed by atoms with E-state index in [1.807, 2.05) is 26.0 Å². The minimum Gasteiger partial charge on any atom is -0.334 e. The summed E-state index contributed by atoms with van der Waals surface area (Å²) in [5, 5.41) is 13.5. The van der Waals surface area contributed by atoms with Crippen molar-refractivity contribution in [2.24, 2.45) is 5.41 Å². The van der Waals surface area contributed by atoms with E-state index >= 15 is 0 Å². The number of nitrogens with one attached hydrogen (secondary N) is 2. The molecule has 2 aromatic heterocycles. The van der Waals surface area contributed by atoms with Crippen LogP contribution in [0.15, 0.2) is 24.3 Å². The fraction of sp³-hybridized carbons (Fsp3) is 0.316. The van der Waals surface area contributed by atoms with Gasteiger partial charge in [0, 0.05) is 25.2 Å². The minimum absolute atomic E-state index is 0.246. The van der Waals surface area contributed by atoms with E-state index < -0.39 is 0 Å². The highest BCUT2D eigenvalue weighted by atomic mass is 35.5. The van der Waals surface area contributed by atoms with Crippen LogP contribution in [0.4, 0.5) is 5.69 Å². The molecule has 0 aliphatic carbocycles. The molecule has 0 unspecified atom stereocenters. The number of likely N-dealkylation sites (tertiary alicyclic amines) is 1. The lowest BCUT2D eigenvalue weighted by molar-refractivity contribution is 0.0531. The van der Waals surface area contributed by atoms with Crippen LogP contribution in [0, 0.1) is 23.7 Å². The topological polar surface area (TPSA) is 84.8 Å². The molecule has 2 N–H and O–H groups in total. The second kappa shape index (κ2) is 6.64. The van der Waals surface area contributed by atoms with Gasteiger partial charge in [0.1, 0.15) is 11.3 Å². The summed E-state index contributed by atoms with van der Waals surface area (Å²) in [4.78, 5) is 22.7. The number of halogens is 1. The number of para-hydroxylation sites is 1. The lowest BCUT2D eigenvalue weighted by Crippen LogP contribution is -2.53. The molecule has 0 atom stereocenters. The summed E-state index contributed by atoms with van der Waals surface area (Å²) < 4.78 is 0.988. The third-order valence-corrected chi connectivity index (χ3v) is 6.06. The van der Waals surface area contributed by atoms with E-state index in [4.69, 9.17) is 11.6 Å². The van der Waals surface area contributed by atoms with E-state index in [1.165, 1.54) is 0 Å². The van der Waals surface area contributed by atoms with Crippen LogP contribution in [0.1, 0.15) is 28.0 Å². The number of aromatic nitrogens is 2. The van der Waals surface area contributed by atoms with Crippen molar-refractivity contribution in [3.8, 4) is 6.07 Å². The molecule has 27 heavy (non-hydrogen) atoms. The maximum Gasteiger partial charge on any atom is 0.272 e. The van der Waals surface area contributed by atoms with Crippen molar-refractivity contribution in [1.29, 1.82) is 5.26 Å². The Balaban J connectivity index is 1.64. The molecule has 1 saturated heterocycles. The average Bonchev–Trinajstić information content (AvgIpc) is 3.12. The predicted molar refractivity (Wildman–Crippen MR) is 107 cm³/mol. The van der Waals surface area contributed by atoms with Crippen LogP contribution in [0.3, 0.4) is 0 Å².